The van der Waals surface area contributed by atoms with Crippen LogP contribution in [0.15, 0.2) is 48.8 Å². The van der Waals surface area contributed by atoms with Crippen LogP contribution in [0.1, 0.15) is 43.5 Å². The third-order valence-electron chi connectivity index (χ3n) is 25.6. The van der Waals surface area contributed by atoms with E-state index in [0.29, 0.717) is 14.0 Å². The van der Waals surface area contributed by atoms with Gasteiger partial charge in [-0.15, -0.1) is 0 Å². The summed E-state index contributed by atoms with van der Waals surface area (Å²) in [6.07, 6.45) is 13.6. The van der Waals surface area contributed by atoms with Crippen molar-refractivity contribution in [1.82, 2.24) is 9.97 Å². The first-order valence-corrected chi connectivity index (χ1v) is 33.1. The van der Waals surface area contributed by atoms with Crippen LogP contribution in [0.2, 0.25) is 84.7 Å². The maximum atomic E-state index is 5.48. The second-order valence-electron chi connectivity index (χ2n) is 23.2. The van der Waals surface area contributed by atoms with Gasteiger partial charge in [0.25, 0.3) is 0 Å². The molecule has 14 fully saturated rings. The molecule has 7 atom stereocenters. The fourth-order valence-electron chi connectivity index (χ4n) is 31.0. The number of fused-ring (bicyclic) bond motifs is 11. The monoisotopic (exact) mass is 710 g/mol. The van der Waals surface area contributed by atoms with Gasteiger partial charge in [-0.1, -0.05) is 0 Å². The van der Waals surface area contributed by atoms with E-state index in [1.807, 2.05) is 0 Å². The molecule has 4 aliphatic carbocycles. The van der Waals surface area contributed by atoms with Crippen LogP contribution in [-0.2, 0) is 11.7 Å². The van der Waals surface area contributed by atoms with E-state index in [4.69, 9.17) is 9.97 Å². The van der Waals surface area contributed by atoms with Gasteiger partial charge < -0.3 is 0 Å². The molecule has 10 saturated heterocycles. The standard InChI is InChI=1S/C33H47N2P2Si2.C5H5.Fe/c1-38(2,3)27-20-26(33(37,28-11-7-9-13-34-28)29-12-8-10-14-35-29)30(31(27)39(4,5)6)32(21-36)24-16-22-15-23(18-24)19-25(32)17-22;1-2-4-5-3-1;/h7-14,20,22-25H,15-19,21,36-37H2,1-6H3;1-5H;. The van der Waals surface area contributed by atoms with Gasteiger partial charge in [0.05, 0.1) is 0 Å². The minimum atomic E-state index is -4.60. The first kappa shape index (κ1) is 25.1. The summed E-state index contributed by atoms with van der Waals surface area (Å²) in [6.45, 7) is 13.2. The third-order valence-corrected chi connectivity index (χ3v) is 90.0. The van der Waals surface area contributed by atoms with E-state index in [9.17, 15) is 0 Å². The second kappa shape index (κ2) is 3.89. The summed E-state index contributed by atoms with van der Waals surface area (Å²) in [7, 11) is 4.28. The number of nitrogens with zero attached hydrogens (tertiary/aromatic N) is 2. The molecule has 0 amide bonds. The molecule has 2 nitrogen and oxygen atoms in total. The van der Waals surface area contributed by atoms with Crippen LogP contribution in [0.25, 0.3) is 0 Å². The van der Waals surface area contributed by atoms with Gasteiger partial charge in [0, 0.05) is 0 Å². The molecule has 4 saturated carbocycles. The number of hydrogen-bond acceptors (Lipinski definition) is 2. The van der Waals surface area contributed by atoms with Gasteiger partial charge in [-0.05, 0) is 0 Å². The average Bonchev–Trinajstić information content (AvgIpc) is 3.95. The Morgan fingerprint density at radius 2 is 1.24 bits per heavy atom. The quantitative estimate of drug-likeness (QED) is 0.211. The first-order valence-electron chi connectivity index (χ1n) is 18.7. The first-order chi connectivity index (χ1) is 21.2. The van der Waals surface area contributed by atoms with Crippen molar-refractivity contribution in [3.63, 3.8) is 0 Å². The van der Waals surface area contributed by atoms with E-state index in [1.165, 1.54) is 41.6 Å². The van der Waals surface area contributed by atoms with Gasteiger partial charge in [0.2, 0.25) is 0 Å². The van der Waals surface area contributed by atoms with E-state index in [1.54, 1.807) is 32.1 Å². The molecular formula is C38H52FeN2P2Si2. The molecule has 12 heterocycles. The third kappa shape index (κ3) is 0.624. The molecule has 4 bridgehead atoms. The van der Waals surface area contributed by atoms with Gasteiger partial charge in [-0.2, -0.15) is 0 Å². The zero-order chi connectivity index (χ0) is 30.6. The maximum absolute atomic E-state index is 5.48. The normalized spacial score (nSPS) is 72.4. The molecule has 2 aromatic rings. The second-order valence-corrected chi connectivity index (χ2v) is 58.5. The number of hydrogen-bond donors (Lipinski definition) is 0. The molecule has 7 unspecified atom stereocenters. The Labute approximate surface area is 267 Å². The topological polar surface area (TPSA) is 25.8 Å². The fraction of sp³-hybridized carbons (Fsp3) is 0.737. The zero-order valence-electron chi connectivity index (χ0n) is 28.0. The summed E-state index contributed by atoms with van der Waals surface area (Å²) in [5.41, 5.74) is 3.35. The number of rotatable bonds is 7. The fourth-order valence-corrected chi connectivity index (χ4v) is 172. The van der Waals surface area contributed by atoms with E-state index in [-0.39, 0.29) is 5.16 Å². The summed E-state index contributed by atoms with van der Waals surface area (Å²) in [5, 5.41) is -0.124. The van der Waals surface area contributed by atoms with Crippen molar-refractivity contribution in [2.24, 2.45) is 29.1 Å². The molecule has 45 heavy (non-hydrogen) atoms. The molecule has 0 radical (unpaired) electrons. The molecule has 7 heteroatoms. The van der Waals surface area contributed by atoms with Crippen molar-refractivity contribution in [3.05, 3.63) is 60.2 Å². The van der Waals surface area contributed by atoms with Crippen LogP contribution in [0.5, 0.6) is 0 Å². The van der Waals surface area contributed by atoms with Gasteiger partial charge in [0.1, 0.15) is 0 Å². The molecule has 1 spiro atoms. The molecule has 16 rings (SSSR count). The predicted octanol–water partition coefficient (Wildman–Crippen LogP) is 10.5. The predicted molar refractivity (Wildman–Crippen MR) is 193 cm³/mol. The van der Waals surface area contributed by atoms with Crippen LogP contribution in [0.4, 0.5) is 0 Å². The van der Waals surface area contributed by atoms with Gasteiger partial charge >= 0.3 is 268 Å². The van der Waals surface area contributed by atoms with Crippen LogP contribution < -0.4 is 0 Å². The van der Waals surface area contributed by atoms with Crippen LogP contribution in [-0.4, -0.2) is 32.3 Å². The van der Waals surface area contributed by atoms with Crippen LogP contribution >= 0.6 is 18.5 Å². The van der Waals surface area contributed by atoms with Crippen molar-refractivity contribution < 1.29 is 6.51 Å². The zero-order valence-corrected chi connectivity index (χ0v) is 33.5. The Balaban J connectivity index is 1.20. The summed E-state index contributed by atoms with van der Waals surface area (Å²) >= 11 is 0. The Bertz CT molecular complexity index is 2210. The Morgan fingerprint density at radius 3 is 1.60 bits per heavy atom. The molecule has 14 aliphatic rings. The average molecular weight is 711 g/mol. The van der Waals surface area contributed by atoms with Crippen molar-refractivity contribution in [1.29, 1.82) is 0 Å². The molecule has 0 aromatic carbocycles. The van der Waals surface area contributed by atoms with Crippen LogP contribution in [0, 0.1) is 29.1 Å². The van der Waals surface area contributed by atoms with Crippen molar-refractivity contribution in [2.45, 2.75) is 122 Å². The summed E-state index contributed by atoms with van der Waals surface area (Å²) in [4.78, 5) is 18.2. The Hall–Kier alpha value is 0.113. The molecule has 240 valence electrons. The van der Waals surface area contributed by atoms with E-state index < -0.39 is 22.7 Å². The van der Waals surface area contributed by atoms with Gasteiger partial charge in [-0.3, -0.25) is 0 Å². The van der Waals surface area contributed by atoms with E-state index in [0.717, 1.165) is 36.4 Å². The van der Waals surface area contributed by atoms with Crippen LogP contribution in [0.3, 0.4) is 0 Å². The van der Waals surface area contributed by atoms with Crippen molar-refractivity contribution in [3.8, 4) is 0 Å². The SMILES string of the molecule is C[Si](C)(C)[C]12[CH]3[C]4(C(P)(c5ccccn5)c5ccccn5)[C]5(C6(CP)C7CC8CC(C7)CC6C8)[C]1([Si](C)(C)C)[Fe]34521678[CH]2[CH]1[CH]6[CH]7[CH]28. The molecule has 2 aromatic heterocycles. The van der Waals surface area contributed by atoms with Gasteiger partial charge in [-0.25, -0.2) is 0 Å². The van der Waals surface area contributed by atoms with Crippen molar-refractivity contribution >= 4 is 34.6 Å². The minimum absolute atomic E-state index is 0.124. The molecule has 0 N–H and O–H groups in total. The Kier molecular flexibility index (Phi) is 2.17. The van der Waals surface area contributed by atoms with E-state index in [2.05, 4.69) is 107 Å². The number of pyridine rings is 2. The molecule has 10 aliphatic heterocycles. The summed E-state index contributed by atoms with van der Waals surface area (Å²) in [6, 6.07) is 14.0. The Morgan fingerprint density at radius 1 is 0.756 bits per heavy atom. The summed E-state index contributed by atoms with van der Waals surface area (Å²) < 4.78 is 2.85. The van der Waals surface area contributed by atoms with Crippen molar-refractivity contribution in [2.75, 3.05) is 6.16 Å². The van der Waals surface area contributed by atoms with Gasteiger partial charge in [0.15, 0.2) is 0 Å². The summed E-state index contributed by atoms with van der Waals surface area (Å²) in [5.74, 6) is 4.08. The molecular weight excluding hydrogens is 658 g/mol. The number of aromatic nitrogens is 2. The van der Waals surface area contributed by atoms with E-state index >= 15 is 0 Å².